The van der Waals surface area contributed by atoms with Crippen molar-refractivity contribution in [1.29, 1.82) is 0 Å². The van der Waals surface area contributed by atoms with Crippen molar-refractivity contribution in [3.63, 3.8) is 0 Å². The van der Waals surface area contributed by atoms with Crippen LogP contribution < -0.4 is 13.8 Å². The van der Waals surface area contributed by atoms with Crippen molar-refractivity contribution in [2.45, 2.75) is 6.61 Å². The molecule has 0 atom stereocenters. The highest BCUT2D eigenvalue weighted by Crippen LogP contribution is 2.31. The molecule has 0 saturated heterocycles. The highest BCUT2D eigenvalue weighted by Gasteiger charge is 2.26. The van der Waals surface area contributed by atoms with Crippen molar-refractivity contribution >= 4 is 15.8 Å². The third-order valence-corrected chi connectivity index (χ3v) is 4.38. The van der Waals surface area contributed by atoms with Crippen molar-refractivity contribution in [2.24, 2.45) is 0 Å². The standard InChI is InChI=1S/C15H16N2O4S/c1-22(18,19)17-7-8-20-14-9-12(10-16-15(14)17)11-21-13-5-3-2-4-6-13/h2-6,9-10H,7-8,11H2,1H3. The lowest BCUT2D eigenvalue weighted by molar-refractivity contribution is 0.297. The first-order valence-electron chi connectivity index (χ1n) is 6.81. The quantitative estimate of drug-likeness (QED) is 0.859. The Labute approximate surface area is 129 Å². The Morgan fingerprint density at radius 3 is 2.82 bits per heavy atom. The Bertz CT molecular complexity index is 762. The molecule has 0 fully saturated rings. The summed E-state index contributed by atoms with van der Waals surface area (Å²) < 4.78 is 35.9. The highest BCUT2D eigenvalue weighted by atomic mass is 32.2. The molecule has 22 heavy (non-hydrogen) atoms. The van der Waals surface area contributed by atoms with Crippen molar-refractivity contribution in [2.75, 3.05) is 23.7 Å². The summed E-state index contributed by atoms with van der Waals surface area (Å²) in [6.45, 7) is 0.927. The second-order valence-electron chi connectivity index (χ2n) is 4.95. The molecule has 7 heteroatoms. The summed E-state index contributed by atoms with van der Waals surface area (Å²) in [5.41, 5.74) is 0.818. The number of sulfonamides is 1. The van der Waals surface area contributed by atoms with E-state index in [0.29, 0.717) is 24.8 Å². The summed E-state index contributed by atoms with van der Waals surface area (Å²) in [5.74, 6) is 1.56. The van der Waals surface area contributed by atoms with Gasteiger partial charge in [0.1, 0.15) is 19.0 Å². The number of anilines is 1. The molecule has 116 valence electrons. The summed E-state index contributed by atoms with van der Waals surface area (Å²) in [6.07, 6.45) is 2.77. The van der Waals surface area contributed by atoms with E-state index in [1.54, 1.807) is 12.3 Å². The largest absolute Gasteiger partial charge is 0.489 e. The molecule has 2 heterocycles. The molecule has 1 aliphatic rings. The minimum absolute atomic E-state index is 0.276. The van der Waals surface area contributed by atoms with Gasteiger partial charge in [0.2, 0.25) is 10.0 Å². The fraction of sp³-hybridized carbons (Fsp3) is 0.267. The second-order valence-corrected chi connectivity index (χ2v) is 6.86. The molecular formula is C15H16N2O4S. The van der Waals surface area contributed by atoms with Gasteiger partial charge in [-0.2, -0.15) is 0 Å². The normalized spacial score (nSPS) is 14.1. The molecule has 0 spiro atoms. The van der Waals surface area contributed by atoms with E-state index in [2.05, 4.69) is 4.98 Å². The van der Waals surface area contributed by atoms with E-state index in [0.717, 1.165) is 17.6 Å². The van der Waals surface area contributed by atoms with Crippen LogP contribution in [0.4, 0.5) is 5.82 Å². The van der Waals surface area contributed by atoms with Crippen LogP contribution in [0.5, 0.6) is 11.5 Å². The van der Waals surface area contributed by atoms with Crippen LogP contribution in [0.1, 0.15) is 5.56 Å². The van der Waals surface area contributed by atoms with Crippen LogP contribution in [0.2, 0.25) is 0 Å². The van der Waals surface area contributed by atoms with Gasteiger partial charge in [-0.3, -0.25) is 0 Å². The van der Waals surface area contributed by atoms with Crippen LogP contribution in [-0.4, -0.2) is 32.8 Å². The first-order chi connectivity index (χ1) is 10.5. The number of nitrogens with zero attached hydrogens (tertiary/aromatic N) is 2. The number of hydrogen-bond acceptors (Lipinski definition) is 5. The zero-order chi connectivity index (χ0) is 15.6. The van der Waals surface area contributed by atoms with Gasteiger partial charge in [-0.05, 0) is 18.2 Å². The Morgan fingerprint density at radius 1 is 1.32 bits per heavy atom. The average molecular weight is 320 g/mol. The van der Waals surface area contributed by atoms with E-state index in [9.17, 15) is 8.42 Å². The SMILES string of the molecule is CS(=O)(=O)N1CCOc2cc(COc3ccccc3)cnc21. The van der Waals surface area contributed by atoms with Crippen LogP contribution in [0, 0.1) is 0 Å². The molecule has 0 N–H and O–H groups in total. The number of ether oxygens (including phenoxy) is 2. The lowest BCUT2D eigenvalue weighted by Gasteiger charge is -2.28. The maximum Gasteiger partial charge on any atom is 0.233 e. The predicted molar refractivity (Wildman–Crippen MR) is 82.7 cm³/mol. The second kappa shape index (κ2) is 5.84. The van der Waals surface area contributed by atoms with Gasteiger partial charge >= 0.3 is 0 Å². The van der Waals surface area contributed by atoms with E-state index in [1.807, 2.05) is 30.3 Å². The molecule has 0 bridgehead atoms. The molecule has 2 aromatic rings. The molecule has 0 saturated carbocycles. The zero-order valence-corrected chi connectivity index (χ0v) is 12.9. The van der Waals surface area contributed by atoms with Gasteiger partial charge in [0, 0.05) is 11.8 Å². The van der Waals surface area contributed by atoms with Crippen LogP contribution in [0.15, 0.2) is 42.6 Å². The molecule has 0 unspecified atom stereocenters. The Hall–Kier alpha value is -2.28. The predicted octanol–water partition coefficient (Wildman–Crippen LogP) is 1.82. The fourth-order valence-corrected chi connectivity index (χ4v) is 3.06. The third-order valence-electron chi connectivity index (χ3n) is 3.23. The maximum absolute atomic E-state index is 11.8. The number of rotatable bonds is 4. The van der Waals surface area contributed by atoms with E-state index in [1.165, 1.54) is 4.31 Å². The van der Waals surface area contributed by atoms with Gasteiger partial charge in [-0.15, -0.1) is 0 Å². The monoisotopic (exact) mass is 320 g/mol. The van der Waals surface area contributed by atoms with Gasteiger partial charge in [0.15, 0.2) is 11.6 Å². The number of para-hydroxylation sites is 1. The summed E-state index contributed by atoms with van der Waals surface area (Å²) in [4.78, 5) is 4.22. The van der Waals surface area contributed by atoms with Crippen LogP contribution >= 0.6 is 0 Å². The molecule has 6 nitrogen and oxygen atoms in total. The van der Waals surface area contributed by atoms with Gasteiger partial charge in [0.05, 0.1) is 12.8 Å². The Balaban J connectivity index is 1.79. The molecule has 1 aliphatic heterocycles. The molecule has 3 rings (SSSR count). The number of benzene rings is 1. The smallest absolute Gasteiger partial charge is 0.233 e. The van der Waals surface area contributed by atoms with Crippen molar-refractivity contribution < 1.29 is 17.9 Å². The van der Waals surface area contributed by atoms with E-state index in [4.69, 9.17) is 9.47 Å². The number of pyridine rings is 1. The summed E-state index contributed by atoms with van der Waals surface area (Å²) in [6, 6.07) is 11.2. The molecule has 0 aliphatic carbocycles. The van der Waals surface area contributed by atoms with Gasteiger partial charge in [-0.25, -0.2) is 17.7 Å². The highest BCUT2D eigenvalue weighted by molar-refractivity contribution is 7.92. The molecule has 0 radical (unpaired) electrons. The Morgan fingerprint density at radius 2 is 2.09 bits per heavy atom. The molecule has 1 aromatic carbocycles. The minimum Gasteiger partial charge on any atom is -0.489 e. The minimum atomic E-state index is -3.35. The summed E-state index contributed by atoms with van der Waals surface area (Å²) in [7, 11) is -3.35. The van der Waals surface area contributed by atoms with Crippen LogP contribution in [0.3, 0.4) is 0 Å². The zero-order valence-electron chi connectivity index (χ0n) is 12.1. The van der Waals surface area contributed by atoms with Gasteiger partial charge in [-0.1, -0.05) is 18.2 Å². The number of hydrogen-bond donors (Lipinski definition) is 0. The number of aromatic nitrogens is 1. The van der Waals surface area contributed by atoms with Crippen molar-refractivity contribution in [1.82, 2.24) is 4.98 Å². The van der Waals surface area contributed by atoms with Crippen LogP contribution in [0.25, 0.3) is 0 Å². The molecule has 1 aromatic heterocycles. The van der Waals surface area contributed by atoms with E-state index < -0.39 is 10.0 Å². The van der Waals surface area contributed by atoms with Crippen molar-refractivity contribution in [3.05, 3.63) is 48.2 Å². The molecular weight excluding hydrogens is 304 g/mol. The number of fused-ring (bicyclic) bond motifs is 1. The first kappa shape index (κ1) is 14.6. The lowest BCUT2D eigenvalue weighted by Crippen LogP contribution is -2.37. The Kier molecular flexibility index (Phi) is 3.89. The third kappa shape index (κ3) is 3.14. The van der Waals surface area contributed by atoms with Crippen molar-refractivity contribution in [3.8, 4) is 11.5 Å². The summed E-state index contributed by atoms with van der Waals surface area (Å²) >= 11 is 0. The van der Waals surface area contributed by atoms with Gasteiger partial charge in [0.25, 0.3) is 0 Å². The topological polar surface area (TPSA) is 68.7 Å². The van der Waals surface area contributed by atoms with Crippen LogP contribution in [-0.2, 0) is 16.6 Å². The van der Waals surface area contributed by atoms with E-state index in [-0.39, 0.29) is 6.54 Å². The van der Waals surface area contributed by atoms with E-state index >= 15 is 0 Å². The maximum atomic E-state index is 11.8. The summed E-state index contributed by atoms with van der Waals surface area (Å²) in [5, 5.41) is 0. The lowest BCUT2D eigenvalue weighted by atomic mass is 10.2. The first-order valence-corrected chi connectivity index (χ1v) is 8.66. The van der Waals surface area contributed by atoms with Gasteiger partial charge < -0.3 is 9.47 Å². The average Bonchev–Trinajstić information content (AvgIpc) is 2.52. The molecule has 0 amide bonds. The fourth-order valence-electron chi connectivity index (χ4n) is 2.20.